The van der Waals surface area contributed by atoms with Crippen molar-refractivity contribution in [3.8, 4) is 5.75 Å². The molecule has 0 N–H and O–H groups in total. The van der Waals surface area contributed by atoms with Gasteiger partial charge in [0.15, 0.2) is 5.78 Å². The maximum Gasteiger partial charge on any atom is 0.185 e. The van der Waals surface area contributed by atoms with Gasteiger partial charge in [0.05, 0.1) is 24.6 Å². The van der Waals surface area contributed by atoms with Crippen LogP contribution in [0.3, 0.4) is 0 Å². The van der Waals surface area contributed by atoms with Crippen LogP contribution in [-0.4, -0.2) is 18.6 Å². The number of rotatable bonds is 7. The molecule has 1 atom stereocenters. The predicted molar refractivity (Wildman–Crippen MR) is 152 cm³/mol. The summed E-state index contributed by atoms with van der Waals surface area (Å²) < 4.78 is 5.34. The zero-order valence-corrected chi connectivity index (χ0v) is 21.7. The number of halogens is 2. The van der Waals surface area contributed by atoms with Crippen LogP contribution >= 0.6 is 23.2 Å². The molecule has 37 heavy (non-hydrogen) atoms. The maximum atomic E-state index is 12.5. The number of hydrogen-bond donors (Lipinski definition) is 0. The lowest BCUT2D eigenvalue weighted by Gasteiger charge is -2.24. The zero-order valence-electron chi connectivity index (χ0n) is 20.1. The van der Waals surface area contributed by atoms with E-state index in [0.29, 0.717) is 15.6 Å². The average Bonchev–Trinajstić information content (AvgIpc) is 3.38. The highest BCUT2D eigenvalue weighted by atomic mass is 35.5. The monoisotopic (exact) mass is 526 g/mol. The summed E-state index contributed by atoms with van der Waals surface area (Å²) in [6, 6.07) is 30.8. The highest BCUT2D eigenvalue weighted by Gasteiger charge is 2.30. The molecule has 0 aromatic heterocycles. The van der Waals surface area contributed by atoms with Crippen LogP contribution in [0.1, 0.15) is 39.5 Å². The van der Waals surface area contributed by atoms with E-state index in [9.17, 15) is 4.79 Å². The first-order valence-electron chi connectivity index (χ1n) is 11.8. The third-order valence-corrected chi connectivity index (χ3v) is 6.81. The Labute approximate surface area is 226 Å². The molecule has 1 unspecified atom stereocenters. The second kappa shape index (κ2) is 11.0. The van der Waals surface area contributed by atoms with Crippen molar-refractivity contribution >= 4 is 46.5 Å². The Balaban J connectivity index is 1.40. The molecule has 1 aliphatic heterocycles. The number of ether oxygens (including phenoxy) is 1. The number of carbonyl (C=O) groups excluding carboxylic acids is 1. The number of allylic oxidation sites excluding steroid dienone is 1. The molecule has 0 saturated heterocycles. The van der Waals surface area contributed by atoms with Crippen molar-refractivity contribution in [2.24, 2.45) is 5.10 Å². The van der Waals surface area contributed by atoms with E-state index in [0.717, 1.165) is 40.3 Å². The number of nitrogens with zero attached hydrogens (tertiary/aromatic N) is 2. The summed E-state index contributed by atoms with van der Waals surface area (Å²) in [5.74, 6) is 0.744. The number of anilines is 1. The Bertz CT molecular complexity index is 1440. The minimum absolute atomic E-state index is 0.0319. The normalized spacial score (nSPS) is 15.2. The first-order valence-corrected chi connectivity index (χ1v) is 12.6. The number of hydrogen-bond acceptors (Lipinski definition) is 4. The van der Waals surface area contributed by atoms with Gasteiger partial charge in [-0.15, -0.1) is 0 Å². The molecular weight excluding hydrogens is 503 g/mol. The summed E-state index contributed by atoms with van der Waals surface area (Å²) in [6.45, 7) is 0. The van der Waals surface area contributed by atoms with E-state index >= 15 is 0 Å². The summed E-state index contributed by atoms with van der Waals surface area (Å²) in [5.41, 5.74) is 5.67. The summed E-state index contributed by atoms with van der Waals surface area (Å²) in [7, 11) is 1.66. The Morgan fingerprint density at radius 2 is 1.49 bits per heavy atom. The van der Waals surface area contributed by atoms with Gasteiger partial charge in [-0.3, -0.25) is 9.80 Å². The van der Waals surface area contributed by atoms with Crippen molar-refractivity contribution in [3.05, 3.63) is 135 Å². The SMILES string of the molecule is COc1ccc(C2CC(c3ccc(Cl)cc3)=NN2c2ccc(C=CC(=O)c3ccc(Cl)cc3)cc2)cc1. The van der Waals surface area contributed by atoms with Crippen LogP contribution < -0.4 is 9.75 Å². The van der Waals surface area contributed by atoms with Crippen LogP contribution in [0.5, 0.6) is 5.75 Å². The summed E-state index contributed by atoms with van der Waals surface area (Å²) in [5, 5.41) is 8.36. The smallest absolute Gasteiger partial charge is 0.185 e. The largest absolute Gasteiger partial charge is 0.497 e. The zero-order chi connectivity index (χ0) is 25.8. The first-order chi connectivity index (χ1) is 18.0. The van der Waals surface area contributed by atoms with Crippen molar-refractivity contribution in [1.29, 1.82) is 0 Å². The standard InChI is InChI=1S/C31H24Cl2N2O2/c1-37-28-17-9-23(10-18-28)30-20-29(22-5-11-25(32)12-6-22)34-35(30)27-15-2-21(3-16-27)4-19-31(36)24-7-13-26(33)14-8-24/h2-19,30H,20H2,1H3. The van der Waals surface area contributed by atoms with Gasteiger partial charge in [0.2, 0.25) is 0 Å². The molecule has 1 aliphatic rings. The molecule has 4 nitrogen and oxygen atoms in total. The molecule has 0 amide bonds. The molecule has 6 heteroatoms. The minimum Gasteiger partial charge on any atom is -0.497 e. The lowest BCUT2D eigenvalue weighted by Crippen LogP contribution is -2.18. The second-order valence-electron chi connectivity index (χ2n) is 8.69. The molecule has 4 aromatic rings. The van der Waals surface area contributed by atoms with E-state index in [-0.39, 0.29) is 11.8 Å². The van der Waals surface area contributed by atoms with E-state index in [2.05, 4.69) is 17.1 Å². The van der Waals surface area contributed by atoms with E-state index in [4.69, 9.17) is 33.0 Å². The fourth-order valence-electron chi connectivity index (χ4n) is 4.27. The molecule has 0 spiro atoms. The minimum atomic E-state index is -0.0722. The van der Waals surface area contributed by atoms with E-state index < -0.39 is 0 Å². The van der Waals surface area contributed by atoms with Gasteiger partial charge in [-0.2, -0.15) is 5.10 Å². The first kappa shape index (κ1) is 24.8. The summed E-state index contributed by atoms with van der Waals surface area (Å²) >= 11 is 12.0. The molecule has 0 fully saturated rings. The maximum absolute atomic E-state index is 12.5. The van der Waals surface area contributed by atoms with Crippen molar-refractivity contribution < 1.29 is 9.53 Å². The molecule has 0 radical (unpaired) electrons. The van der Waals surface area contributed by atoms with Gasteiger partial charge in [0.25, 0.3) is 0 Å². The van der Waals surface area contributed by atoms with Crippen LogP contribution in [0.15, 0.2) is 108 Å². The van der Waals surface area contributed by atoms with Gasteiger partial charge >= 0.3 is 0 Å². The number of benzene rings is 4. The Hall–Kier alpha value is -3.86. The summed E-state index contributed by atoms with van der Waals surface area (Å²) in [6.07, 6.45) is 4.14. The topological polar surface area (TPSA) is 41.9 Å². The molecule has 0 aliphatic carbocycles. The molecule has 0 saturated carbocycles. The Kier molecular flexibility index (Phi) is 7.40. The predicted octanol–water partition coefficient (Wildman–Crippen LogP) is 8.25. The Morgan fingerprint density at radius 3 is 2.11 bits per heavy atom. The average molecular weight is 527 g/mol. The lowest BCUT2D eigenvalue weighted by molar-refractivity contribution is 0.104. The molecule has 1 heterocycles. The van der Waals surface area contributed by atoms with E-state index in [1.54, 1.807) is 37.5 Å². The van der Waals surface area contributed by atoms with Crippen molar-refractivity contribution in [3.63, 3.8) is 0 Å². The Morgan fingerprint density at radius 1 is 0.865 bits per heavy atom. The van der Waals surface area contributed by atoms with Crippen LogP contribution in [0.4, 0.5) is 5.69 Å². The molecule has 4 aromatic carbocycles. The van der Waals surface area contributed by atoms with Crippen molar-refractivity contribution in [1.82, 2.24) is 0 Å². The van der Waals surface area contributed by atoms with Crippen LogP contribution in [0.2, 0.25) is 10.0 Å². The van der Waals surface area contributed by atoms with Crippen molar-refractivity contribution in [2.75, 3.05) is 12.1 Å². The van der Waals surface area contributed by atoms with Gasteiger partial charge < -0.3 is 4.74 Å². The number of carbonyl (C=O) groups is 1. The van der Waals surface area contributed by atoms with Gasteiger partial charge in [-0.05, 0) is 83.4 Å². The summed E-state index contributed by atoms with van der Waals surface area (Å²) in [4.78, 5) is 12.5. The van der Waals surface area contributed by atoms with Crippen LogP contribution in [0.25, 0.3) is 6.08 Å². The lowest BCUT2D eigenvalue weighted by atomic mass is 9.98. The fourth-order valence-corrected chi connectivity index (χ4v) is 4.52. The van der Waals surface area contributed by atoms with Crippen LogP contribution in [0, 0.1) is 0 Å². The molecule has 5 rings (SSSR count). The molecular formula is C31H24Cl2N2O2. The number of methoxy groups -OCH3 is 1. The number of ketones is 1. The highest BCUT2D eigenvalue weighted by molar-refractivity contribution is 6.31. The quantitative estimate of drug-likeness (QED) is 0.180. The van der Waals surface area contributed by atoms with Gasteiger partial charge in [-0.1, -0.05) is 65.7 Å². The van der Waals surface area contributed by atoms with Crippen LogP contribution in [-0.2, 0) is 0 Å². The highest BCUT2D eigenvalue weighted by Crippen LogP contribution is 2.37. The third kappa shape index (κ3) is 5.77. The van der Waals surface area contributed by atoms with E-state index in [1.807, 2.05) is 66.7 Å². The molecule has 0 bridgehead atoms. The van der Waals surface area contributed by atoms with Gasteiger partial charge in [-0.25, -0.2) is 0 Å². The fraction of sp³-hybridized carbons (Fsp3) is 0.0968. The van der Waals surface area contributed by atoms with Gasteiger partial charge in [0.1, 0.15) is 5.75 Å². The second-order valence-corrected chi connectivity index (χ2v) is 9.56. The number of hydrazone groups is 1. The third-order valence-electron chi connectivity index (χ3n) is 6.30. The molecule has 184 valence electrons. The van der Waals surface area contributed by atoms with Crippen molar-refractivity contribution in [2.45, 2.75) is 12.5 Å². The van der Waals surface area contributed by atoms with E-state index in [1.165, 1.54) is 0 Å². The van der Waals surface area contributed by atoms with Gasteiger partial charge in [0, 0.05) is 22.0 Å².